The lowest BCUT2D eigenvalue weighted by atomic mass is 10.1. The van der Waals surface area contributed by atoms with Crippen LogP contribution in [0.3, 0.4) is 0 Å². The zero-order chi connectivity index (χ0) is 19.4. The van der Waals surface area contributed by atoms with E-state index in [-0.39, 0.29) is 17.7 Å². The number of hydrogen-bond donors (Lipinski definition) is 2. The molecule has 9 heteroatoms. The van der Waals surface area contributed by atoms with Gasteiger partial charge in [0, 0.05) is 18.7 Å². The van der Waals surface area contributed by atoms with Gasteiger partial charge in [-0.3, -0.25) is 9.79 Å². The number of ether oxygens (including phenoxy) is 2. The van der Waals surface area contributed by atoms with Gasteiger partial charge in [-0.05, 0) is 44.0 Å². The molecule has 146 valence electrons. The maximum atomic E-state index is 12.1. The summed E-state index contributed by atoms with van der Waals surface area (Å²) in [5.74, 6) is -0.298. The van der Waals surface area contributed by atoms with Crippen LogP contribution in [-0.4, -0.2) is 31.4 Å². The van der Waals surface area contributed by atoms with Crippen molar-refractivity contribution in [3.63, 3.8) is 0 Å². The predicted octanol–water partition coefficient (Wildman–Crippen LogP) is 3.83. The molecule has 0 aliphatic heterocycles. The molecule has 0 fully saturated rings. The number of rotatable bonds is 10. The molecule has 1 aromatic rings. The summed E-state index contributed by atoms with van der Waals surface area (Å²) in [5, 5.41) is 2.79. The number of nitrogens with two attached hydrogens (primary N) is 1. The van der Waals surface area contributed by atoms with Crippen molar-refractivity contribution < 1.29 is 27.4 Å². The lowest BCUT2D eigenvalue weighted by Crippen LogP contribution is -2.23. The van der Waals surface area contributed by atoms with E-state index in [0.717, 1.165) is 25.7 Å². The molecule has 0 bridgehead atoms. The number of hydrogen-bond acceptors (Lipinski definition) is 4. The number of carbonyl (C=O) groups is 1. The van der Waals surface area contributed by atoms with E-state index in [2.05, 4.69) is 15.0 Å². The summed E-state index contributed by atoms with van der Waals surface area (Å²) in [7, 11) is 0. The average molecular weight is 375 g/mol. The fourth-order valence-electron chi connectivity index (χ4n) is 2.09. The summed E-state index contributed by atoms with van der Waals surface area (Å²) >= 11 is 0. The van der Waals surface area contributed by atoms with Gasteiger partial charge in [0.1, 0.15) is 5.75 Å². The molecule has 0 saturated carbocycles. The molecule has 0 aliphatic carbocycles. The van der Waals surface area contributed by atoms with Crippen LogP contribution < -0.4 is 15.8 Å². The van der Waals surface area contributed by atoms with Crippen LogP contribution in [0.4, 0.5) is 18.9 Å². The van der Waals surface area contributed by atoms with E-state index in [4.69, 9.17) is 10.5 Å². The van der Waals surface area contributed by atoms with Crippen LogP contribution in [0.2, 0.25) is 0 Å². The molecule has 1 aromatic carbocycles. The quantitative estimate of drug-likeness (QED) is 0.281. The fraction of sp³-hybridized carbons (Fsp3) is 0.529. The van der Waals surface area contributed by atoms with Gasteiger partial charge in [-0.2, -0.15) is 0 Å². The Morgan fingerprint density at radius 1 is 1.15 bits per heavy atom. The zero-order valence-electron chi connectivity index (χ0n) is 14.6. The summed E-state index contributed by atoms with van der Waals surface area (Å²) in [5.41, 5.74) is 6.24. The lowest BCUT2D eigenvalue weighted by molar-refractivity contribution is -0.274. The molecule has 0 spiro atoms. The first-order valence-electron chi connectivity index (χ1n) is 8.38. The van der Waals surface area contributed by atoms with E-state index in [0.29, 0.717) is 25.3 Å². The Hall–Kier alpha value is -2.45. The summed E-state index contributed by atoms with van der Waals surface area (Å²) in [6, 6.07) is 5.21. The number of unbranched alkanes of at least 4 members (excludes halogenated alkanes) is 3. The first-order chi connectivity index (χ1) is 12.3. The Morgan fingerprint density at radius 3 is 2.42 bits per heavy atom. The van der Waals surface area contributed by atoms with Crippen molar-refractivity contribution in [2.45, 2.75) is 45.4 Å². The van der Waals surface area contributed by atoms with Crippen LogP contribution in [0.5, 0.6) is 5.75 Å². The van der Waals surface area contributed by atoms with Gasteiger partial charge in [0.2, 0.25) is 0 Å². The van der Waals surface area contributed by atoms with Gasteiger partial charge in [-0.15, -0.1) is 13.2 Å². The molecule has 0 unspecified atom stereocenters. The van der Waals surface area contributed by atoms with Gasteiger partial charge in [-0.25, -0.2) is 0 Å². The highest BCUT2D eigenvalue weighted by molar-refractivity contribution is 5.92. The average Bonchev–Trinajstić information content (AvgIpc) is 2.54. The smallest absolute Gasteiger partial charge is 0.466 e. The molecule has 0 heterocycles. The molecular weight excluding hydrogens is 351 g/mol. The van der Waals surface area contributed by atoms with Crippen LogP contribution >= 0.6 is 0 Å². The topological polar surface area (TPSA) is 85.9 Å². The van der Waals surface area contributed by atoms with Gasteiger partial charge in [-0.1, -0.05) is 12.8 Å². The van der Waals surface area contributed by atoms with E-state index in [1.807, 2.05) is 0 Å². The van der Waals surface area contributed by atoms with Gasteiger partial charge in [0.15, 0.2) is 5.96 Å². The van der Waals surface area contributed by atoms with Gasteiger partial charge < -0.3 is 20.5 Å². The van der Waals surface area contributed by atoms with Crippen molar-refractivity contribution in [3.05, 3.63) is 24.3 Å². The molecule has 0 aliphatic rings. The van der Waals surface area contributed by atoms with Crippen molar-refractivity contribution >= 4 is 17.6 Å². The number of aliphatic imine (C=N–C) groups is 1. The largest absolute Gasteiger partial charge is 0.573 e. The first-order valence-corrected chi connectivity index (χ1v) is 8.38. The van der Waals surface area contributed by atoms with E-state index in [1.165, 1.54) is 24.3 Å². The minimum atomic E-state index is -4.72. The van der Waals surface area contributed by atoms with Crippen molar-refractivity contribution in [2.24, 2.45) is 10.7 Å². The van der Waals surface area contributed by atoms with E-state index in [9.17, 15) is 18.0 Å². The maximum absolute atomic E-state index is 12.1. The SMILES string of the molecule is CCOC(=O)CCCCCCN=C(N)Nc1ccc(OC(F)(F)F)cc1. The summed E-state index contributed by atoms with van der Waals surface area (Å²) in [6.07, 6.45) is -0.866. The third kappa shape index (κ3) is 10.4. The number of halogens is 3. The number of nitrogens with one attached hydrogen (secondary N) is 1. The van der Waals surface area contributed by atoms with Crippen LogP contribution in [0.15, 0.2) is 29.3 Å². The number of esters is 1. The highest BCUT2D eigenvalue weighted by atomic mass is 19.4. The predicted molar refractivity (Wildman–Crippen MR) is 93.0 cm³/mol. The second-order valence-electron chi connectivity index (χ2n) is 5.43. The molecule has 0 aromatic heterocycles. The van der Waals surface area contributed by atoms with E-state index in [1.54, 1.807) is 6.92 Å². The number of anilines is 1. The standard InChI is InChI=1S/C17H24F3N3O3/c1-2-25-15(24)7-5-3-4-6-12-22-16(21)23-13-8-10-14(11-9-13)26-17(18,19)20/h8-11H,2-7,12H2,1H3,(H3,21,22,23). The Bertz CT molecular complexity index is 575. The van der Waals surface area contributed by atoms with Crippen molar-refractivity contribution in [1.82, 2.24) is 0 Å². The molecule has 1 rings (SSSR count). The first kappa shape index (κ1) is 21.6. The van der Waals surface area contributed by atoms with Crippen LogP contribution in [0, 0.1) is 0 Å². The van der Waals surface area contributed by atoms with Crippen LogP contribution in [0.1, 0.15) is 39.0 Å². The van der Waals surface area contributed by atoms with Gasteiger partial charge in [0.05, 0.1) is 6.61 Å². The van der Waals surface area contributed by atoms with Crippen molar-refractivity contribution in [3.8, 4) is 5.75 Å². The second-order valence-corrected chi connectivity index (χ2v) is 5.43. The molecule has 0 saturated heterocycles. The normalized spacial score (nSPS) is 11.9. The highest BCUT2D eigenvalue weighted by Gasteiger charge is 2.30. The number of carbonyl (C=O) groups excluding carboxylic acids is 1. The molecule has 6 nitrogen and oxygen atoms in total. The summed E-state index contributed by atoms with van der Waals surface area (Å²) in [6.45, 7) is 2.70. The van der Waals surface area contributed by atoms with Crippen LogP contribution in [-0.2, 0) is 9.53 Å². The minimum Gasteiger partial charge on any atom is -0.466 e. The molecule has 3 N–H and O–H groups in total. The number of benzene rings is 1. The number of alkyl halides is 3. The summed E-state index contributed by atoms with van der Waals surface area (Å²) in [4.78, 5) is 15.3. The summed E-state index contributed by atoms with van der Waals surface area (Å²) < 4.78 is 44.9. The number of nitrogens with zero attached hydrogens (tertiary/aromatic N) is 1. The second kappa shape index (κ2) is 11.2. The Morgan fingerprint density at radius 2 is 1.81 bits per heavy atom. The minimum absolute atomic E-state index is 0.175. The molecular formula is C17H24F3N3O3. The van der Waals surface area contributed by atoms with Crippen LogP contribution in [0.25, 0.3) is 0 Å². The Balaban J connectivity index is 2.22. The number of guanidine groups is 1. The van der Waals surface area contributed by atoms with Gasteiger partial charge in [0.25, 0.3) is 0 Å². The third-order valence-electron chi connectivity index (χ3n) is 3.24. The molecule has 26 heavy (non-hydrogen) atoms. The third-order valence-corrected chi connectivity index (χ3v) is 3.24. The van der Waals surface area contributed by atoms with E-state index < -0.39 is 6.36 Å². The molecule has 0 radical (unpaired) electrons. The molecule has 0 amide bonds. The Kier molecular flexibility index (Phi) is 9.32. The monoisotopic (exact) mass is 375 g/mol. The lowest BCUT2D eigenvalue weighted by Gasteiger charge is -2.10. The highest BCUT2D eigenvalue weighted by Crippen LogP contribution is 2.23. The maximum Gasteiger partial charge on any atom is 0.573 e. The zero-order valence-corrected chi connectivity index (χ0v) is 14.6. The van der Waals surface area contributed by atoms with Crippen molar-refractivity contribution in [1.29, 1.82) is 0 Å². The van der Waals surface area contributed by atoms with Gasteiger partial charge >= 0.3 is 12.3 Å². The molecule has 0 atom stereocenters. The fourth-order valence-corrected chi connectivity index (χ4v) is 2.09. The van der Waals surface area contributed by atoms with Crippen molar-refractivity contribution in [2.75, 3.05) is 18.5 Å². The Labute approximate surface area is 150 Å². The van der Waals surface area contributed by atoms with E-state index >= 15 is 0 Å².